The summed E-state index contributed by atoms with van der Waals surface area (Å²) < 4.78 is 47.4. The maximum atomic E-state index is 14.7. The van der Waals surface area contributed by atoms with Gasteiger partial charge in [-0.15, -0.1) is 0 Å². The number of ether oxygens (including phenoxy) is 1. The summed E-state index contributed by atoms with van der Waals surface area (Å²) in [5.41, 5.74) is -2.49. The van der Waals surface area contributed by atoms with Gasteiger partial charge in [0.15, 0.2) is 11.6 Å². The van der Waals surface area contributed by atoms with Gasteiger partial charge in [0.05, 0.1) is 11.6 Å². The topological polar surface area (TPSA) is 87.7 Å². The minimum atomic E-state index is -1.51. The van der Waals surface area contributed by atoms with Crippen LogP contribution in [-0.2, 0) is 15.0 Å². The fraction of sp³-hybridized carbons (Fsp3) is 0.586. The summed E-state index contributed by atoms with van der Waals surface area (Å²) in [5, 5.41) is 16.5. The smallest absolute Gasteiger partial charge is 0.324 e. The molecule has 10 heteroatoms. The largest absolute Gasteiger partial charge is 0.425 e. The van der Waals surface area contributed by atoms with Gasteiger partial charge in [0.2, 0.25) is 5.91 Å². The van der Waals surface area contributed by atoms with Gasteiger partial charge in [-0.2, -0.15) is 0 Å². The molecule has 1 unspecified atom stereocenters. The van der Waals surface area contributed by atoms with E-state index in [1.807, 2.05) is 20.8 Å². The Morgan fingerprint density at radius 3 is 2.54 bits per heavy atom. The average molecular weight is 569 g/mol. The van der Waals surface area contributed by atoms with Crippen molar-refractivity contribution in [2.45, 2.75) is 83.0 Å². The van der Waals surface area contributed by atoms with Crippen LogP contribution in [-0.4, -0.2) is 47.4 Å². The quantitative estimate of drug-likeness (QED) is 0.249. The van der Waals surface area contributed by atoms with Crippen molar-refractivity contribution in [3.8, 4) is 5.75 Å². The summed E-state index contributed by atoms with van der Waals surface area (Å²) in [4.78, 5) is 27.6. The van der Waals surface area contributed by atoms with E-state index in [0.717, 1.165) is 12.1 Å². The van der Waals surface area contributed by atoms with Crippen molar-refractivity contribution >= 4 is 23.5 Å². The Kier molecular flexibility index (Phi) is 8.02. The number of esters is 1. The minimum absolute atomic E-state index is 0.0159. The lowest BCUT2D eigenvalue weighted by molar-refractivity contribution is -0.141. The second-order valence-electron chi connectivity index (χ2n) is 12.6. The zero-order valence-corrected chi connectivity index (χ0v) is 23.5. The van der Waals surface area contributed by atoms with E-state index >= 15 is 0 Å². The van der Waals surface area contributed by atoms with E-state index in [1.54, 1.807) is 26.0 Å². The first kappa shape index (κ1) is 29.6. The van der Waals surface area contributed by atoms with Crippen LogP contribution in [0.4, 0.5) is 13.2 Å². The zero-order chi connectivity index (χ0) is 28.9. The molecular formula is C29H36ClF3N2O4. The summed E-state index contributed by atoms with van der Waals surface area (Å²) in [6.45, 7) is 8.62. The molecule has 1 saturated heterocycles. The number of nitrogens with one attached hydrogen (secondary N) is 2. The van der Waals surface area contributed by atoms with Crippen LogP contribution in [0.2, 0.25) is 0 Å². The third-order valence-corrected chi connectivity index (χ3v) is 8.25. The molecule has 4 rings (SSSR count). The molecule has 1 aromatic carbocycles. The molecular weight excluding hydrogens is 533 g/mol. The van der Waals surface area contributed by atoms with Gasteiger partial charge in [-0.1, -0.05) is 51.4 Å². The lowest BCUT2D eigenvalue weighted by Crippen LogP contribution is -2.58. The molecule has 1 aromatic rings. The molecule has 2 fully saturated rings. The van der Waals surface area contributed by atoms with Crippen molar-refractivity contribution in [1.29, 1.82) is 0 Å². The molecule has 3 aliphatic rings. The second-order valence-corrected chi connectivity index (χ2v) is 13.1. The number of halogens is 4. The zero-order valence-electron chi connectivity index (χ0n) is 22.8. The Labute approximate surface area is 232 Å². The number of alkyl halides is 1. The molecule has 1 amide bonds. The van der Waals surface area contributed by atoms with Crippen LogP contribution in [0, 0.1) is 28.9 Å². The highest BCUT2D eigenvalue weighted by Gasteiger charge is 2.68. The van der Waals surface area contributed by atoms with Crippen LogP contribution >= 0.6 is 11.6 Å². The first-order valence-electron chi connectivity index (χ1n) is 13.2. The van der Waals surface area contributed by atoms with Gasteiger partial charge < -0.3 is 20.5 Å². The molecule has 5 atom stereocenters. The molecule has 6 nitrogen and oxygen atoms in total. The lowest BCUT2D eigenvalue weighted by atomic mass is 9.61. The van der Waals surface area contributed by atoms with Gasteiger partial charge in [-0.05, 0) is 49.7 Å². The Balaban J connectivity index is 1.84. The standard InChI is InChI=1S/C29H36ClF3N2O4/c1-15(7-6-8-16(30)14-31)23-24(25(36)34-17-11-28(5,38)12-17)35-22(13-27(2,3)4)29(23)18-9-19(32)20(33)10-21(18)39-26(29)37/h6-10,15,17,22-24,35,38H,11-14H2,1-5H3,(H,34,36)/b7-6-,16-8+/t15?,17?,22-,23+,24-,28?,29+/m1/s1. The van der Waals surface area contributed by atoms with E-state index in [4.69, 9.17) is 16.3 Å². The summed E-state index contributed by atoms with van der Waals surface area (Å²) >= 11 is 5.82. The van der Waals surface area contributed by atoms with Crippen LogP contribution in [0.3, 0.4) is 0 Å². The van der Waals surface area contributed by atoms with E-state index < -0.39 is 59.2 Å². The maximum absolute atomic E-state index is 14.7. The number of amides is 1. The van der Waals surface area contributed by atoms with Crippen molar-refractivity contribution in [3.63, 3.8) is 0 Å². The summed E-state index contributed by atoms with van der Waals surface area (Å²) in [7, 11) is 0. The minimum Gasteiger partial charge on any atom is -0.425 e. The predicted octanol–water partition coefficient (Wildman–Crippen LogP) is 4.83. The van der Waals surface area contributed by atoms with Crippen molar-refractivity contribution in [1.82, 2.24) is 10.6 Å². The highest BCUT2D eigenvalue weighted by atomic mass is 35.5. The number of hydrogen-bond donors (Lipinski definition) is 3. The first-order valence-corrected chi connectivity index (χ1v) is 13.6. The molecule has 2 aliphatic heterocycles. The van der Waals surface area contributed by atoms with Gasteiger partial charge in [0, 0.05) is 34.7 Å². The Bertz CT molecular complexity index is 1200. The van der Waals surface area contributed by atoms with Gasteiger partial charge in [0.1, 0.15) is 17.8 Å². The van der Waals surface area contributed by atoms with Gasteiger partial charge in [0.25, 0.3) is 0 Å². The van der Waals surface area contributed by atoms with Crippen LogP contribution < -0.4 is 15.4 Å². The van der Waals surface area contributed by atoms with Gasteiger partial charge in [-0.3, -0.25) is 9.59 Å². The molecule has 1 aliphatic carbocycles. The van der Waals surface area contributed by atoms with Crippen LogP contribution in [0.1, 0.15) is 59.4 Å². The predicted molar refractivity (Wildman–Crippen MR) is 142 cm³/mol. The highest BCUT2D eigenvalue weighted by Crippen LogP contribution is 2.56. The summed E-state index contributed by atoms with van der Waals surface area (Å²) in [6, 6.07) is 0.0759. The number of fused-ring (bicyclic) bond motifs is 2. The molecule has 0 bridgehead atoms. The Morgan fingerprint density at radius 1 is 1.31 bits per heavy atom. The number of carbonyl (C=O) groups is 2. The molecule has 3 N–H and O–H groups in total. The maximum Gasteiger partial charge on any atom is 0.324 e. The molecule has 0 aromatic heterocycles. The highest BCUT2D eigenvalue weighted by molar-refractivity contribution is 6.29. The number of rotatable bonds is 7. The molecule has 214 valence electrons. The molecule has 1 spiro atoms. The third-order valence-electron chi connectivity index (χ3n) is 8.03. The van der Waals surface area contributed by atoms with Crippen LogP contribution in [0.25, 0.3) is 0 Å². The Hall–Kier alpha value is -2.36. The van der Waals surface area contributed by atoms with Crippen LogP contribution in [0.15, 0.2) is 35.4 Å². The van der Waals surface area contributed by atoms with E-state index in [2.05, 4.69) is 10.6 Å². The average Bonchev–Trinajstić information content (AvgIpc) is 3.27. The van der Waals surface area contributed by atoms with Gasteiger partial charge in [-0.25, -0.2) is 13.2 Å². The third kappa shape index (κ3) is 5.63. The lowest BCUT2D eigenvalue weighted by Gasteiger charge is -2.42. The number of carbonyl (C=O) groups excluding carboxylic acids is 2. The Morgan fingerprint density at radius 2 is 1.95 bits per heavy atom. The van der Waals surface area contributed by atoms with E-state index in [-0.39, 0.29) is 33.7 Å². The number of aliphatic hydroxyl groups is 1. The van der Waals surface area contributed by atoms with E-state index in [1.165, 1.54) is 6.08 Å². The summed E-state index contributed by atoms with van der Waals surface area (Å²) in [6.07, 6.45) is 5.87. The van der Waals surface area contributed by atoms with E-state index in [9.17, 15) is 27.9 Å². The molecule has 1 saturated carbocycles. The van der Waals surface area contributed by atoms with E-state index in [0.29, 0.717) is 19.3 Å². The molecule has 2 heterocycles. The first-order chi connectivity index (χ1) is 18.1. The number of hydrogen-bond acceptors (Lipinski definition) is 5. The van der Waals surface area contributed by atoms with Gasteiger partial charge >= 0.3 is 5.97 Å². The van der Waals surface area contributed by atoms with Crippen LogP contribution in [0.5, 0.6) is 5.75 Å². The summed E-state index contributed by atoms with van der Waals surface area (Å²) in [5.74, 6) is -4.65. The molecule has 39 heavy (non-hydrogen) atoms. The number of benzene rings is 1. The fourth-order valence-electron chi connectivity index (χ4n) is 6.51. The number of allylic oxidation sites excluding steroid dienone is 4. The second kappa shape index (κ2) is 10.6. The normalized spacial score (nSPS) is 33.3. The fourth-order valence-corrected chi connectivity index (χ4v) is 6.58. The van der Waals surface area contributed by atoms with Crippen molar-refractivity contribution in [3.05, 3.63) is 52.6 Å². The van der Waals surface area contributed by atoms with Crippen molar-refractivity contribution in [2.24, 2.45) is 17.3 Å². The SMILES string of the molecule is CC(/C=C\C=C(\Cl)CF)[C@H]1[C@H](C(=O)NC2CC(C)(O)C2)N[C@H](CC(C)(C)C)[C@]12C(=O)Oc1cc(F)c(F)cc12. The monoisotopic (exact) mass is 568 g/mol. The van der Waals surface area contributed by atoms with Crippen molar-refractivity contribution < 1.29 is 32.6 Å². The molecule has 0 radical (unpaired) electrons. The van der Waals surface area contributed by atoms with Crippen molar-refractivity contribution in [2.75, 3.05) is 6.67 Å².